The molecule has 0 saturated carbocycles. The smallest absolute Gasteiger partial charge is 0.191 e. The molecule has 0 aromatic heterocycles. The molecule has 1 unspecified atom stereocenters. The Bertz CT molecular complexity index is 646. The molecule has 0 aliphatic carbocycles. The van der Waals surface area contributed by atoms with Crippen LogP contribution < -0.4 is 10.6 Å². The number of nitrogens with one attached hydrogen (secondary N) is 2. The molecule has 0 heterocycles. The topological polar surface area (TPSA) is 56.7 Å². The van der Waals surface area contributed by atoms with Crippen molar-refractivity contribution in [2.24, 2.45) is 4.99 Å². The third kappa shape index (κ3) is 6.38. The minimum Gasteiger partial charge on any atom is -0.391 e. The van der Waals surface area contributed by atoms with E-state index in [2.05, 4.69) is 15.6 Å². The van der Waals surface area contributed by atoms with Crippen LogP contribution >= 0.6 is 0 Å². The maximum atomic E-state index is 13.2. The number of rotatable bonds is 7. The fourth-order valence-electron chi connectivity index (χ4n) is 2.32. The van der Waals surface area contributed by atoms with Crippen LogP contribution in [0.4, 0.5) is 4.39 Å². The number of aliphatic imine (C=N–C) groups is 1. The van der Waals surface area contributed by atoms with E-state index in [4.69, 9.17) is 0 Å². The molecule has 2 rings (SSSR count). The van der Waals surface area contributed by atoms with E-state index in [-0.39, 0.29) is 5.82 Å². The van der Waals surface area contributed by atoms with Crippen LogP contribution in [0.2, 0.25) is 0 Å². The van der Waals surface area contributed by atoms with Crippen LogP contribution in [0, 0.1) is 5.82 Å². The lowest BCUT2D eigenvalue weighted by Crippen LogP contribution is -2.41. The SMILES string of the molecule is CCNC(=NCc1cccc(F)c1)NCC(O)Cc1ccccc1. The Kier molecular flexibility index (Phi) is 7.23. The zero-order valence-electron chi connectivity index (χ0n) is 13.9. The second-order valence-electron chi connectivity index (χ2n) is 5.55. The van der Waals surface area contributed by atoms with E-state index in [0.717, 1.165) is 11.1 Å². The van der Waals surface area contributed by atoms with Crippen molar-refractivity contribution in [2.75, 3.05) is 13.1 Å². The summed E-state index contributed by atoms with van der Waals surface area (Å²) < 4.78 is 13.2. The lowest BCUT2D eigenvalue weighted by atomic mass is 10.1. The zero-order valence-corrected chi connectivity index (χ0v) is 13.9. The summed E-state index contributed by atoms with van der Waals surface area (Å²) in [6.07, 6.45) is 0.0716. The molecule has 24 heavy (non-hydrogen) atoms. The van der Waals surface area contributed by atoms with Crippen LogP contribution in [0.5, 0.6) is 0 Å². The minimum absolute atomic E-state index is 0.265. The van der Waals surface area contributed by atoms with Gasteiger partial charge in [0.25, 0.3) is 0 Å². The van der Waals surface area contributed by atoms with Gasteiger partial charge in [-0.15, -0.1) is 0 Å². The molecule has 0 spiro atoms. The Morgan fingerprint density at radius 2 is 1.83 bits per heavy atom. The first-order chi connectivity index (χ1) is 11.7. The fraction of sp³-hybridized carbons (Fsp3) is 0.316. The van der Waals surface area contributed by atoms with Gasteiger partial charge in [-0.2, -0.15) is 0 Å². The van der Waals surface area contributed by atoms with Crippen LogP contribution in [-0.4, -0.2) is 30.3 Å². The number of aliphatic hydroxyl groups excluding tert-OH is 1. The average molecular weight is 329 g/mol. The largest absolute Gasteiger partial charge is 0.391 e. The fourth-order valence-corrected chi connectivity index (χ4v) is 2.32. The molecule has 0 radical (unpaired) electrons. The number of guanidine groups is 1. The van der Waals surface area contributed by atoms with Gasteiger partial charge in [0, 0.05) is 19.5 Å². The van der Waals surface area contributed by atoms with Crippen molar-refractivity contribution in [2.45, 2.75) is 26.0 Å². The number of halogens is 1. The molecule has 5 heteroatoms. The Labute approximate surface area is 142 Å². The molecule has 2 aromatic rings. The monoisotopic (exact) mass is 329 g/mol. The molecule has 0 bridgehead atoms. The molecular formula is C19H24FN3O. The summed E-state index contributed by atoms with van der Waals surface area (Å²) in [6.45, 7) is 3.45. The first-order valence-corrected chi connectivity index (χ1v) is 8.16. The molecule has 0 aliphatic rings. The van der Waals surface area contributed by atoms with Crippen molar-refractivity contribution in [3.05, 3.63) is 71.5 Å². The predicted octanol–water partition coefficient (Wildman–Crippen LogP) is 2.48. The Hall–Kier alpha value is -2.40. The van der Waals surface area contributed by atoms with Gasteiger partial charge in [0.1, 0.15) is 5.82 Å². The normalized spacial score (nSPS) is 12.7. The highest BCUT2D eigenvalue weighted by atomic mass is 19.1. The third-order valence-corrected chi connectivity index (χ3v) is 3.47. The summed E-state index contributed by atoms with van der Waals surface area (Å²) in [7, 11) is 0. The zero-order chi connectivity index (χ0) is 17.2. The maximum absolute atomic E-state index is 13.2. The van der Waals surface area contributed by atoms with Crippen molar-refractivity contribution in [1.82, 2.24) is 10.6 Å². The van der Waals surface area contributed by atoms with Gasteiger partial charge in [-0.25, -0.2) is 9.38 Å². The standard InChI is InChI=1S/C19H24FN3O/c1-2-21-19(22-13-16-9-6-10-17(20)11-16)23-14-18(24)12-15-7-4-3-5-8-15/h3-11,18,24H,2,12-14H2,1H3,(H2,21,22,23). The van der Waals surface area contributed by atoms with Gasteiger partial charge in [0.2, 0.25) is 0 Å². The van der Waals surface area contributed by atoms with Crippen LogP contribution in [-0.2, 0) is 13.0 Å². The average Bonchev–Trinajstić information content (AvgIpc) is 2.58. The van der Waals surface area contributed by atoms with Crippen molar-refractivity contribution in [1.29, 1.82) is 0 Å². The second-order valence-corrected chi connectivity index (χ2v) is 5.55. The number of hydrogen-bond donors (Lipinski definition) is 3. The number of nitrogens with zero attached hydrogens (tertiary/aromatic N) is 1. The van der Waals surface area contributed by atoms with Crippen LogP contribution in [0.1, 0.15) is 18.1 Å². The van der Waals surface area contributed by atoms with Gasteiger partial charge in [0.05, 0.1) is 12.6 Å². The Balaban J connectivity index is 1.87. The van der Waals surface area contributed by atoms with E-state index < -0.39 is 6.10 Å². The molecule has 1 atom stereocenters. The Morgan fingerprint density at radius 3 is 2.54 bits per heavy atom. The first kappa shape index (κ1) is 17.9. The summed E-state index contributed by atoms with van der Waals surface area (Å²) >= 11 is 0. The molecule has 128 valence electrons. The summed E-state index contributed by atoms with van der Waals surface area (Å²) in [5.74, 6) is 0.341. The van der Waals surface area contributed by atoms with Crippen LogP contribution in [0.15, 0.2) is 59.6 Å². The van der Waals surface area contributed by atoms with E-state index in [9.17, 15) is 9.50 Å². The predicted molar refractivity (Wildman–Crippen MR) is 95.4 cm³/mol. The molecule has 4 nitrogen and oxygen atoms in total. The molecule has 3 N–H and O–H groups in total. The summed E-state index contributed by atoms with van der Waals surface area (Å²) in [5.41, 5.74) is 1.89. The van der Waals surface area contributed by atoms with Crippen molar-refractivity contribution in [3.63, 3.8) is 0 Å². The van der Waals surface area contributed by atoms with E-state index >= 15 is 0 Å². The first-order valence-electron chi connectivity index (χ1n) is 8.16. The number of aliphatic hydroxyl groups is 1. The highest BCUT2D eigenvalue weighted by molar-refractivity contribution is 5.79. The highest BCUT2D eigenvalue weighted by Gasteiger charge is 2.07. The molecule has 0 aliphatic heterocycles. The summed E-state index contributed by atoms with van der Waals surface area (Å²) in [4.78, 5) is 4.42. The second kappa shape index (κ2) is 9.67. The van der Waals surface area contributed by atoms with Crippen molar-refractivity contribution < 1.29 is 9.50 Å². The maximum Gasteiger partial charge on any atom is 0.191 e. The molecule has 0 saturated heterocycles. The van der Waals surface area contributed by atoms with E-state index in [1.807, 2.05) is 43.3 Å². The minimum atomic E-state index is -0.509. The Morgan fingerprint density at radius 1 is 1.08 bits per heavy atom. The van der Waals surface area contributed by atoms with Crippen molar-refractivity contribution in [3.8, 4) is 0 Å². The number of hydrogen-bond acceptors (Lipinski definition) is 2. The lowest BCUT2D eigenvalue weighted by molar-refractivity contribution is 0.177. The van der Waals surface area contributed by atoms with Crippen molar-refractivity contribution >= 4 is 5.96 Å². The highest BCUT2D eigenvalue weighted by Crippen LogP contribution is 2.05. The lowest BCUT2D eigenvalue weighted by Gasteiger charge is -2.15. The van der Waals surface area contributed by atoms with Gasteiger partial charge in [-0.3, -0.25) is 0 Å². The van der Waals surface area contributed by atoms with E-state index in [0.29, 0.717) is 32.0 Å². The van der Waals surface area contributed by atoms with Crippen LogP contribution in [0.3, 0.4) is 0 Å². The van der Waals surface area contributed by atoms with Gasteiger partial charge >= 0.3 is 0 Å². The van der Waals surface area contributed by atoms with Crippen LogP contribution in [0.25, 0.3) is 0 Å². The quantitative estimate of drug-likeness (QED) is 0.540. The van der Waals surface area contributed by atoms with Gasteiger partial charge < -0.3 is 15.7 Å². The molecule has 2 aromatic carbocycles. The van der Waals surface area contributed by atoms with Gasteiger partial charge in [-0.1, -0.05) is 42.5 Å². The molecule has 0 fully saturated rings. The van der Waals surface area contributed by atoms with E-state index in [1.165, 1.54) is 12.1 Å². The van der Waals surface area contributed by atoms with E-state index in [1.54, 1.807) is 6.07 Å². The molecular weight excluding hydrogens is 305 g/mol. The molecule has 0 amide bonds. The van der Waals surface area contributed by atoms with Gasteiger partial charge in [0.15, 0.2) is 5.96 Å². The number of benzene rings is 2. The summed E-state index contributed by atoms with van der Waals surface area (Å²) in [5, 5.41) is 16.4. The summed E-state index contributed by atoms with van der Waals surface area (Å²) in [6, 6.07) is 16.2. The third-order valence-electron chi connectivity index (χ3n) is 3.47. The van der Waals surface area contributed by atoms with Gasteiger partial charge in [-0.05, 0) is 30.2 Å².